The van der Waals surface area contributed by atoms with Gasteiger partial charge in [0.15, 0.2) is 0 Å². The molecule has 1 aromatic rings. The van der Waals surface area contributed by atoms with Crippen LogP contribution >= 0.6 is 23.2 Å². The second-order valence-electron chi connectivity index (χ2n) is 2.26. The molecule has 0 fully saturated rings. The molecule has 0 amide bonds. The standard InChI is InChI=1S/C7H5Cl2F2NO/c8-5-4(7(10)11)3(2-13)1-12-6(5)9/h1,7,13H,2H2. The minimum Gasteiger partial charge on any atom is -0.392 e. The van der Waals surface area contributed by atoms with E-state index in [1.807, 2.05) is 0 Å². The fourth-order valence-corrected chi connectivity index (χ4v) is 1.28. The zero-order chi connectivity index (χ0) is 10.0. The quantitative estimate of drug-likeness (QED) is 0.789. The highest BCUT2D eigenvalue weighted by molar-refractivity contribution is 6.41. The SMILES string of the molecule is OCc1cnc(Cl)c(Cl)c1C(F)F. The number of nitrogens with zero attached hydrogens (tertiary/aromatic N) is 1. The van der Waals surface area contributed by atoms with E-state index in [0.29, 0.717) is 0 Å². The Hall–Kier alpha value is -0.450. The summed E-state index contributed by atoms with van der Waals surface area (Å²) in [4.78, 5) is 3.53. The van der Waals surface area contributed by atoms with Gasteiger partial charge in [0.2, 0.25) is 0 Å². The van der Waals surface area contributed by atoms with Crippen LogP contribution in [0.4, 0.5) is 8.78 Å². The van der Waals surface area contributed by atoms with Crippen LogP contribution in [0.15, 0.2) is 6.20 Å². The van der Waals surface area contributed by atoms with Crippen LogP contribution in [0, 0.1) is 0 Å². The first-order valence-electron chi connectivity index (χ1n) is 3.29. The summed E-state index contributed by atoms with van der Waals surface area (Å²) in [7, 11) is 0. The molecule has 1 aromatic heterocycles. The molecule has 0 aliphatic carbocycles. The number of aliphatic hydroxyl groups is 1. The van der Waals surface area contributed by atoms with Crippen LogP contribution in [0.25, 0.3) is 0 Å². The summed E-state index contributed by atoms with van der Waals surface area (Å²) in [6.45, 7) is -0.538. The molecular weight excluding hydrogens is 223 g/mol. The molecule has 72 valence electrons. The molecule has 0 aliphatic heterocycles. The Balaban J connectivity index is 3.32. The Morgan fingerprint density at radius 2 is 2.08 bits per heavy atom. The summed E-state index contributed by atoms with van der Waals surface area (Å²) in [6, 6.07) is 0. The number of rotatable bonds is 2. The Morgan fingerprint density at radius 3 is 2.54 bits per heavy atom. The van der Waals surface area contributed by atoms with Gasteiger partial charge < -0.3 is 5.11 Å². The third kappa shape index (κ3) is 2.07. The van der Waals surface area contributed by atoms with Gasteiger partial charge in [-0.25, -0.2) is 13.8 Å². The molecule has 0 radical (unpaired) electrons. The molecule has 1 rings (SSSR count). The Labute approximate surface area is 83.1 Å². The normalized spacial score (nSPS) is 10.9. The number of hydrogen-bond acceptors (Lipinski definition) is 2. The maximum atomic E-state index is 12.4. The maximum absolute atomic E-state index is 12.4. The fraction of sp³-hybridized carbons (Fsp3) is 0.286. The van der Waals surface area contributed by atoms with Crippen LogP contribution in [0.3, 0.4) is 0 Å². The van der Waals surface area contributed by atoms with Gasteiger partial charge in [0.1, 0.15) is 5.15 Å². The fourth-order valence-electron chi connectivity index (χ4n) is 0.875. The number of alkyl halides is 2. The molecular formula is C7H5Cl2F2NO. The van der Waals surface area contributed by atoms with Crippen molar-refractivity contribution in [1.29, 1.82) is 0 Å². The second kappa shape index (κ2) is 4.17. The van der Waals surface area contributed by atoms with Crippen molar-refractivity contribution in [3.05, 3.63) is 27.5 Å². The number of hydrogen-bond donors (Lipinski definition) is 1. The minimum absolute atomic E-state index is 0.00981. The molecule has 1 heterocycles. The van der Waals surface area contributed by atoms with Gasteiger partial charge in [-0.3, -0.25) is 0 Å². The number of aliphatic hydroxyl groups excluding tert-OH is 1. The van der Waals surface area contributed by atoms with Crippen LogP contribution in [0.1, 0.15) is 17.6 Å². The highest BCUT2D eigenvalue weighted by atomic mass is 35.5. The molecule has 0 saturated heterocycles. The largest absolute Gasteiger partial charge is 0.392 e. The lowest BCUT2D eigenvalue weighted by molar-refractivity contribution is 0.147. The van der Waals surface area contributed by atoms with Gasteiger partial charge in [-0.15, -0.1) is 0 Å². The first-order chi connectivity index (χ1) is 6.07. The second-order valence-corrected chi connectivity index (χ2v) is 3.00. The Morgan fingerprint density at radius 1 is 1.46 bits per heavy atom. The molecule has 0 unspecified atom stereocenters. The lowest BCUT2D eigenvalue weighted by atomic mass is 10.1. The Kier molecular flexibility index (Phi) is 3.41. The van der Waals surface area contributed by atoms with E-state index in [1.165, 1.54) is 0 Å². The first-order valence-corrected chi connectivity index (χ1v) is 4.05. The van der Waals surface area contributed by atoms with Gasteiger partial charge >= 0.3 is 0 Å². The molecule has 0 aromatic carbocycles. The van der Waals surface area contributed by atoms with Crippen LogP contribution < -0.4 is 0 Å². The van der Waals surface area contributed by atoms with Gasteiger partial charge in [0.25, 0.3) is 6.43 Å². The molecule has 0 bridgehead atoms. The van der Waals surface area contributed by atoms with E-state index in [2.05, 4.69) is 4.98 Å². The van der Waals surface area contributed by atoms with E-state index in [-0.39, 0.29) is 15.7 Å². The van der Waals surface area contributed by atoms with E-state index < -0.39 is 18.6 Å². The van der Waals surface area contributed by atoms with Crippen LogP contribution in [-0.4, -0.2) is 10.1 Å². The predicted octanol–water partition coefficient (Wildman–Crippen LogP) is 2.82. The smallest absolute Gasteiger partial charge is 0.265 e. The third-order valence-electron chi connectivity index (χ3n) is 1.49. The number of aromatic nitrogens is 1. The number of pyridine rings is 1. The molecule has 1 N–H and O–H groups in total. The molecule has 6 heteroatoms. The van der Waals surface area contributed by atoms with Crippen molar-refractivity contribution in [2.45, 2.75) is 13.0 Å². The van der Waals surface area contributed by atoms with E-state index >= 15 is 0 Å². The lowest BCUT2D eigenvalue weighted by Gasteiger charge is -2.08. The average molecular weight is 228 g/mol. The zero-order valence-corrected chi connectivity index (χ0v) is 7.78. The summed E-state index contributed by atoms with van der Waals surface area (Å²) in [5.74, 6) is 0. The molecule has 0 aliphatic rings. The van der Waals surface area contributed by atoms with Gasteiger partial charge in [-0.2, -0.15) is 0 Å². The average Bonchev–Trinajstić information content (AvgIpc) is 2.08. The molecule has 0 atom stereocenters. The highest BCUT2D eigenvalue weighted by Gasteiger charge is 2.19. The van der Waals surface area contributed by atoms with Crippen molar-refractivity contribution in [3.8, 4) is 0 Å². The van der Waals surface area contributed by atoms with Gasteiger partial charge in [-0.1, -0.05) is 23.2 Å². The molecule has 2 nitrogen and oxygen atoms in total. The maximum Gasteiger partial charge on any atom is 0.265 e. The minimum atomic E-state index is -2.77. The van der Waals surface area contributed by atoms with Crippen molar-refractivity contribution < 1.29 is 13.9 Å². The zero-order valence-electron chi connectivity index (χ0n) is 6.27. The Bertz CT molecular complexity index is 320. The van der Waals surface area contributed by atoms with Crippen molar-refractivity contribution in [2.75, 3.05) is 0 Å². The third-order valence-corrected chi connectivity index (χ3v) is 2.25. The topological polar surface area (TPSA) is 33.1 Å². The van der Waals surface area contributed by atoms with Crippen molar-refractivity contribution in [2.24, 2.45) is 0 Å². The summed E-state index contributed by atoms with van der Waals surface area (Å²) < 4.78 is 24.7. The summed E-state index contributed by atoms with van der Waals surface area (Å²) in [6.07, 6.45) is -1.69. The molecule has 0 spiro atoms. The predicted molar refractivity (Wildman–Crippen MR) is 45.1 cm³/mol. The lowest BCUT2D eigenvalue weighted by Crippen LogP contribution is -1.98. The summed E-state index contributed by atoms with van der Waals surface area (Å²) >= 11 is 10.9. The van der Waals surface area contributed by atoms with Crippen molar-refractivity contribution in [1.82, 2.24) is 4.98 Å². The first kappa shape index (κ1) is 10.6. The van der Waals surface area contributed by atoms with Crippen LogP contribution in [0.5, 0.6) is 0 Å². The summed E-state index contributed by atoms with van der Waals surface area (Å²) in [5, 5.41) is 8.22. The van der Waals surface area contributed by atoms with E-state index in [9.17, 15) is 8.78 Å². The summed E-state index contributed by atoms with van der Waals surface area (Å²) in [5.41, 5.74) is -0.464. The van der Waals surface area contributed by atoms with E-state index in [4.69, 9.17) is 28.3 Å². The number of halogens is 4. The van der Waals surface area contributed by atoms with E-state index in [1.54, 1.807) is 0 Å². The van der Waals surface area contributed by atoms with Crippen LogP contribution in [0.2, 0.25) is 10.2 Å². The van der Waals surface area contributed by atoms with E-state index in [0.717, 1.165) is 6.20 Å². The van der Waals surface area contributed by atoms with Gasteiger partial charge in [-0.05, 0) is 0 Å². The van der Waals surface area contributed by atoms with Crippen molar-refractivity contribution >= 4 is 23.2 Å². The highest BCUT2D eigenvalue weighted by Crippen LogP contribution is 2.33. The van der Waals surface area contributed by atoms with Gasteiger partial charge in [0, 0.05) is 17.3 Å². The molecule has 0 saturated carbocycles. The molecule has 13 heavy (non-hydrogen) atoms. The van der Waals surface area contributed by atoms with Crippen molar-refractivity contribution in [3.63, 3.8) is 0 Å². The van der Waals surface area contributed by atoms with Gasteiger partial charge in [0.05, 0.1) is 11.6 Å². The van der Waals surface area contributed by atoms with Crippen LogP contribution in [-0.2, 0) is 6.61 Å². The monoisotopic (exact) mass is 227 g/mol.